The first-order chi connectivity index (χ1) is 12.2. The average molecular weight is 334 g/mol. The largest absolute Gasteiger partial charge is 0.508 e. The van der Waals surface area contributed by atoms with Crippen LogP contribution < -0.4 is 5.56 Å². The molecule has 0 saturated heterocycles. The summed E-state index contributed by atoms with van der Waals surface area (Å²) in [5.41, 5.74) is 1.98. The molecule has 0 saturated carbocycles. The number of aromatic hydroxyl groups is 1. The van der Waals surface area contributed by atoms with E-state index in [0.29, 0.717) is 11.9 Å². The Morgan fingerprint density at radius 3 is 2.52 bits per heavy atom. The molecule has 25 heavy (non-hydrogen) atoms. The Kier molecular flexibility index (Phi) is 5.29. The van der Waals surface area contributed by atoms with Gasteiger partial charge >= 0.3 is 0 Å². The van der Waals surface area contributed by atoms with Crippen LogP contribution in [0.15, 0.2) is 53.5 Å². The van der Waals surface area contributed by atoms with Crippen LogP contribution in [0.1, 0.15) is 37.3 Å². The van der Waals surface area contributed by atoms with Crippen LogP contribution in [0.4, 0.5) is 0 Å². The number of phenols is 1. The van der Waals surface area contributed by atoms with Gasteiger partial charge in [0, 0.05) is 11.9 Å². The van der Waals surface area contributed by atoms with Crippen molar-refractivity contribution in [3.8, 4) is 5.75 Å². The maximum Gasteiger partial charge on any atom is 0.274 e. The summed E-state index contributed by atoms with van der Waals surface area (Å²) in [6.07, 6.45) is 8.92. The number of fused-ring (bicyclic) bond motifs is 1. The van der Waals surface area contributed by atoms with E-state index >= 15 is 0 Å². The minimum atomic E-state index is -0.0253. The van der Waals surface area contributed by atoms with Gasteiger partial charge in [-0.2, -0.15) is 5.10 Å². The summed E-state index contributed by atoms with van der Waals surface area (Å²) in [5, 5.41) is 15.2. The van der Waals surface area contributed by atoms with Crippen LogP contribution >= 0.6 is 0 Å². The molecule has 0 bridgehead atoms. The predicted octanol–water partition coefficient (Wildman–Crippen LogP) is 4.46. The van der Waals surface area contributed by atoms with Crippen molar-refractivity contribution >= 4 is 22.9 Å². The van der Waals surface area contributed by atoms with Crippen LogP contribution in [-0.2, 0) is 6.54 Å². The number of hydrogen-bond acceptors (Lipinski definition) is 3. The molecule has 0 spiro atoms. The van der Waals surface area contributed by atoms with Crippen molar-refractivity contribution in [3.05, 3.63) is 70.1 Å². The summed E-state index contributed by atoms with van der Waals surface area (Å²) in [6.45, 7) is 2.81. The fourth-order valence-corrected chi connectivity index (χ4v) is 2.76. The second-order valence-electron chi connectivity index (χ2n) is 6.15. The summed E-state index contributed by atoms with van der Waals surface area (Å²) in [4.78, 5) is 12.5. The summed E-state index contributed by atoms with van der Waals surface area (Å²) in [6, 6.07) is 12.8. The number of aryl methyl sites for hydroxylation is 1. The van der Waals surface area contributed by atoms with Crippen molar-refractivity contribution < 1.29 is 5.11 Å². The van der Waals surface area contributed by atoms with Crippen LogP contribution in [0.25, 0.3) is 22.9 Å². The first-order valence-corrected chi connectivity index (χ1v) is 8.64. The lowest BCUT2D eigenvalue weighted by Gasteiger charge is -2.06. The van der Waals surface area contributed by atoms with E-state index in [2.05, 4.69) is 12.0 Å². The number of aromatic nitrogens is 2. The van der Waals surface area contributed by atoms with Gasteiger partial charge in [0.1, 0.15) is 5.75 Å². The molecule has 0 amide bonds. The molecule has 0 atom stereocenters. The molecule has 3 rings (SSSR count). The molecule has 1 N–H and O–H groups in total. The third-order valence-electron chi connectivity index (χ3n) is 4.21. The zero-order valence-corrected chi connectivity index (χ0v) is 14.4. The van der Waals surface area contributed by atoms with Crippen LogP contribution in [-0.4, -0.2) is 14.9 Å². The van der Waals surface area contributed by atoms with Gasteiger partial charge in [0.15, 0.2) is 0 Å². The molecule has 0 aliphatic heterocycles. The van der Waals surface area contributed by atoms with Crippen LogP contribution in [0.3, 0.4) is 0 Å². The molecule has 0 unspecified atom stereocenters. The lowest BCUT2D eigenvalue weighted by atomic mass is 10.1. The van der Waals surface area contributed by atoms with Gasteiger partial charge in [-0.25, -0.2) is 4.68 Å². The highest BCUT2D eigenvalue weighted by molar-refractivity contribution is 5.84. The molecule has 0 radical (unpaired) electrons. The highest BCUT2D eigenvalue weighted by Crippen LogP contribution is 2.16. The molecule has 1 aromatic heterocycles. The van der Waals surface area contributed by atoms with Gasteiger partial charge in [0.05, 0.1) is 11.6 Å². The molecular formula is C21H22N2O2. The lowest BCUT2D eigenvalue weighted by Crippen LogP contribution is -2.22. The standard InChI is InChI=1S/C21H22N2O2/c1-2-3-4-13-23-21(25)20-12-9-17(14-18(20)15-22-23)6-5-16-7-10-19(24)11-8-16/h5-12,14-15,24H,2-4,13H2,1H3/b6-5+. The molecule has 0 fully saturated rings. The van der Waals surface area contributed by atoms with Gasteiger partial charge in [-0.15, -0.1) is 0 Å². The normalized spacial score (nSPS) is 11.4. The minimum Gasteiger partial charge on any atom is -0.508 e. The van der Waals surface area contributed by atoms with E-state index in [-0.39, 0.29) is 11.3 Å². The predicted molar refractivity (Wildman–Crippen MR) is 103 cm³/mol. The van der Waals surface area contributed by atoms with E-state index in [9.17, 15) is 9.90 Å². The highest BCUT2D eigenvalue weighted by Gasteiger charge is 2.04. The lowest BCUT2D eigenvalue weighted by molar-refractivity contribution is 0.475. The van der Waals surface area contributed by atoms with Crippen LogP contribution in [0.2, 0.25) is 0 Å². The second-order valence-corrected chi connectivity index (χ2v) is 6.15. The fraction of sp³-hybridized carbons (Fsp3) is 0.238. The Balaban J connectivity index is 1.84. The minimum absolute atomic E-state index is 0.0253. The zero-order valence-electron chi connectivity index (χ0n) is 14.4. The fourth-order valence-electron chi connectivity index (χ4n) is 2.76. The first kappa shape index (κ1) is 17.0. The Hall–Kier alpha value is -2.88. The molecule has 0 aliphatic carbocycles. The van der Waals surface area contributed by atoms with Gasteiger partial charge in [0.2, 0.25) is 0 Å². The van der Waals surface area contributed by atoms with Crippen molar-refractivity contribution in [1.82, 2.24) is 9.78 Å². The van der Waals surface area contributed by atoms with Gasteiger partial charge in [-0.05, 0) is 41.8 Å². The van der Waals surface area contributed by atoms with Crippen molar-refractivity contribution in [2.75, 3.05) is 0 Å². The van der Waals surface area contributed by atoms with E-state index in [1.165, 1.54) is 0 Å². The first-order valence-electron chi connectivity index (χ1n) is 8.64. The van der Waals surface area contributed by atoms with Gasteiger partial charge < -0.3 is 5.11 Å². The van der Waals surface area contributed by atoms with Crippen LogP contribution in [0.5, 0.6) is 5.75 Å². The topological polar surface area (TPSA) is 55.1 Å². The van der Waals surface area contributed by atoms with E-state index < -0.39 is 0 Å². The quantitative estimate of drug-likeness (QED) is 0.535. The summed E-state index contributed by atoms with van der Waals surface area (Å²) < 4.78 is 1.56. The van der Waals surface area contributed by atoms with E-state index in [4.69, 9.17) is 0 Å². The second kappa shape index (κ2) is 7.79. The SMILES string of the molecule is CCCCCn1ncc2cc(/C=C/c3ccc(O)cc3)ccc2c1=O. The monoisotopic (exact) mass is 334 g/mol. The molecule has 4 nitrogen and oxygen atoms in total. The Morgan fingerprint density at radius 1 is 1.04 bits per heavy atom. The maximum atomic E-state index is 12.5. The molecule has 2 aromatic carbocycles. The molecule has 1 heterocycles. The Labute approximate surface area is 147 Å². The van der Waals surface area contributed by atoms with Gasteiger partial charge in [0.25, 0.3) is 5.56 Å². The van der Waals surface area contributed by atoms with Crippen LogP contribution in [0, 0.1) is 0 Å². The number of rotatable bonds is 6. The summed E-state index contributed by atoms with van der Waals surface area (Å²) in [7, 11) is 0. The Bertz CT molecular complexity index is 940. The molecular weight excluding hydrogens is 312 g/mol. The molecule has 4 heteroatoms. The summed E-state index contributed by atoms with van der Waals surface area (Å²) in [5.74, 6) is 0.254. The average Bonchev–Trinajstić information content (AvgIpc) is 2.63. The Morgan fingerprint density at radius 2 is 1.76 bits per heavy atom. The summed E-state index contributed by atoms with van der Waals surface area (Å²) >= 11 is 0. The van der Waals surface area contributed by atoms with Crippen molar-refractivity contribution in [1.29, 1.82) is 0 Å². The number of hydrogen-bond donors (Lipinski definition) is 1. The van der Waals surface area contributed by atoms with E-state index in [1.54, 1.807) is 23.0 Å². The van der Waals surface area contributed by atoms with Crippen molar-refractivity contribution in [2.24, 2.45) is 0 Å². The van der Waals surface area contributed by atoms with Gasteiger partial charge in [-0.1, -0.05) is 50.1 Å². The molecule has 128 valence electrons. The smallest absolute Gasteiger partial charge is 0.274 e. The third kappa shape index (κ3) is 4.15. The number of phenolic OH excluding ortho intramolecular Hbond substituents is 1. The maximum absolute atomic E-state index is 12.5. The number of nitrogens with zero attached hydrogens (tertiary/aromatic N) is 2. The number of benzene rings is 2. The molecule has 3 aromatic rings. The van der Waals surface area contributed by atoms with Crippen molar-refractivity contribution in [3.63, 3.8) is 0 Å². The van der Waals surface area contributed by atoms with E-state index in [0.717, 1.165) is 35.8 Å². The molecule has 0 aliphatic rings. The highest BCUT2D eigenvalue weighted by atomic mass is 16.3. The zero-order chi connectivity index (χ0) is 17.6. The van der Waals surface area contributed by atoms with Gasteiger partial charge in [-0.3, -0.25) is 4.79 Å². The number of unbranched alkanes of at least 4 members (excludes halogenated alkanes) is 2. The van der Waals surface area contributed by atoms with Crippen molar-refractivity contribution in [2.45, 2.75) is 32.7 Å². The van der Waals surface area contributed by atoms with E-state index in [1.807, 2.05) is 42.5 Å². The third-order valence-corrected chi connectivity index (χ3v) is 4.21.